The number of nitrogens with zero attached hydrogens (tertiary/aromatic N) is 3. The van der Waals surface area contributed by atoms with Crippen molar-refractivity contribution in [2.75, 3.05) is 14.2 Å². The second kappa shape index (κ2) is 9.07. The molecule has 3 rings (SSSR count). The van der Waals surface area contributed by atoms with Crippen LogP contribution in [-0.4, -0.2) is 40.2 Å². The van der Waals surface area contributed by atoms with Gasteiger partial charge in [-0.1, -0.05) is 36.8 Å². The standard InChI is InChI=1S/C19H19BrClN3O3S2/c1-9(2)28-18-15(12-7-6-11(21)8-13(12)26-4)22-19(29-18)24-16(17(25)27-5)14(20)10(3)23-24/h6-9H,1-5H3. The lowest BCUT2D eigenvalue weighted by molar-refractivity contribution is 0.0589. The largest absolute Gasteiger partial charge is 0.496 e. The van der Waals surface area contributed by atoms with Gasteiger partial charge in [0, 0.05) is 15.8 Å². The van der Waals surface area contributed by atoms with E-state index in [-0.39, 0.29) is 0 Å². The number of thioether (sulfide) groups is 1. The molecule has 0 fully saturated rings. The summed E-state index contributed by atoms with van der Waals surface area (Å²) in [5.41, 5.74) is 2.56. The van der Waals surface area contributed by atoms with Gasteiger partial charge in [0.05, 0.1) is 28.6 Å². The fourth-order valence-electron chi connectivity index (χ4n) is 2.63. The SMILES string of the molecule is COC(=O)c1c(Br)c(C)nn1-c1nc(-c2ccc(Cl)cc2OC)c(SC(C)C)s1. The van der Waals surface area contributed by atoms with Gasteiger partial charge in [-0.2, -0.15) is 9.78 Å². The average molecular weight is 517 g/mol. The average Bonchev–Trinajstić information content (AvgIpc) is 3.21. The van der Waals surface area contributed by atoms with E-state index < -0.39 is 5.97 Å². The number of esters is 1. The summed E-state index contributed by atoms with van der Waals surface area (Å²) in [5.74, 6) is 0.141. The molecule has 10 heteroatoms. The zero-order valence-corrected chi connectivity index (χ0v) is 20.4. The van der Waals surface area contributed by atoms with Crippen molar-refractivity contribution in [1.29, 1.82) is 0 Å². The van der Waals surface area contributed by atoms with Gasteiger partial charge >= 0.3 is 5.97 Å². The number of thiazole rings is 1. The highest BCUT2D eigenvalue weighted by Crippen LogP contribution is 2.43. The molecule has 0 radical (unpaired) electrons. The fraction of sp³-hybridized carbons (Fsp3) is 0.316. The molecule has 0 saturated carbocycles. The molecule has 1 aromatic carbocycles. The Hall–Kier alpha value is -1.55. The van der Waals surface area contributed by atoms with E-state index in [1.54, 1.807) is 31.0 Å². The summed E-state index contributed by atoms with van der Waals surface area (Å²) < 4.78 is 13.6. The van der Waals surface area contributed by atoms with Gasteiger partial charge in [0.25, 0.3) is 0 Å². The summed E-state index contributed by atoms with van der Waals surface area (Å²) in [7, 11) is 2.94. The molecule has 0 aliphatic carbocycles. The number of carbonyl (C=O) groups excluding carboxylic acids is 1. The highest BCUT2D eigenvalue weighted by Gasteiger charge is 2.26. The minimum absolute atomic E-state index is 0.300. The maximum atomic E-state index is 12.3. The first-order valence-electron chi connectivity index (χ1n) is 8.62. The Bertz CT molecular complexity index is 1070. The number of hydrogen-bond acceptors (Lipinski definition) is 7. The molecule has 0 saturated heterocycles. The normalized spacial score (nSPS) is 11.2. The Kier molecular flexibility index (Phi) is 6.93. The van der Waals surface area contributed by atoms with Crippen LogP contribution in [-0.2, 0) is 4.74 Å². The zero-order chi connectivity index (χ0) is 21.3. The molecule has 2 heterocycles. The zero-order valence-electron chi connectivity index (χ0n) is 16.4. The highest BCUT2D eigenvalue weighted by molar-refractivity contribution is 9.10. The van der Waals surface area contributed by atoms with Crippen LogP contribution in [0.25, 0.3) is 16.4 Å². The van der Waals surface area contributed by atoms with Crippen LogP contribution < -0.4 is 4.74 Å². The molecular weight excluding hydrogens is 498 g/mol. The molecule has 0 amide bonds. The molecular formula is C19H19BrClN3O3S2. The van der Waals surface area contributed by atoms with Crippen LogP contribution >= 0.6 is 50.6 Å². The summed E-state index contributed by atoms with van der Waals surface area (Å²) in [4.78, 5) is 17.2. The van der Waals surface area contributed by atoms with Crippen molar-refractivity contribution < 1.29 is 14.3 Å². The Morgan fingerprint density at radius 2 is 2.07 bits per heavy atom. The second-order valence-corrected chi connectivity index (χ2v) is 10.3. The van der Waals surface area contributed by atoms with Crippen LogP contribution in [0.5, 0.6) is 5.75 Å². The van der Waals surface area contributed by atoms with E-state index in [0.29, 0.717) is 37.0 Å². The molecule has 0 aliphatic heterocycles. The van der Waals surface area contributed by atoms with Gasteiger partial charge in [0.1, 0.15) is 11.4 Å². The van der Waals surface area contributed by atoms with Gasteiger partial charge in [-0.3, -0.25) is 0 Å². The van der Waals surface area contributed by atoms with Crippen LogP contribution in [0, 0.1) is 6.92 Å². The van der Waals surface area contributed by atoms with Crippen molar-refractivity contribution in [1.82, 2.24) is 14.8 Å². The predicted octanol–water partition coefficient (Wildman–Crippen LogP) is 6.02. The molecule has 0 atom stereocenters. The third kappa shape index (κ3) is 4.47. The number of benzene rings is 1. The van der Waals surface area contributed by atoms with E-state index in [0.717, 1.165) is 15.5 Å². The van der Waals surface area contributed by atoms with Gasteiger partial charge in [-0.25, -0.2) is 9.78 Å². The molecule has 0 bridgehead atoms. The molecule has 3 aromatic rings. The number of carbonyl (C=O) groups is 1. The van der Waals surface area contributed by atoms with Crippen LogP contribution in [0.15, 0.2) is 26.9 Å². The lowest BCUT2D eigenvalue weighted by Crippen LogP contribution is -2.10. The highest BCUT2D eigenvalue weighted by atomic mass is 79.9. The van der Waals surface area contributed by atoms with E-state index >= 15 is 0 Å². The van der Waals surface area contributed by atoms with Crippen LogP contribution in [0.4, 0.5) is 0 Å². The Morgan fingerprint density at radius 1 is 1.34 bits per heavy atom. The topological polar surface area (TPSA) is 66.2 Å². The lowest BCUT2D eigenvalue weighted by atomic mass is 10.1. The van der Waals surface area contributed by atoms with E-state index in [1.807, 2.05) is 13.0 Å². The van der Waals surface area contributed by atoms with Crippen LogP contribution in [0.3, 0.4) is 0 Å². The number of aromatic nitrogens is 3. The predicted molar refractivity (Wildman–Crippen MR) is 121 cm³/mol. The number of hydrogen-bond donors (Lipinski definition) is 0. The molecule has 29 heavy (non-hydrogen) atoms. The van der Waals surface area contributed by atoms with E-state index in [2.05, 4.69) is 34.9 Å². The molecule has 0 spiro atoms. The number of methoxy groups -OCH3 is 2. The third-order valence-corrected chi connectivity index (χ3v) is 7.32. The second-order valence-electron chi connectivity index (χ2n) is 6.30. The maximum absolute atomic E-state index is 12.3. The molecule has 154 valence electrons. The van der Waals surface area contributed by atoms with E-state index in [1.165, 1.54) is 23.1 Å². The van der Waals surface area contributed by atoms with Gasteiger partial charge < -0.3 is 9.47 Å². The smallest absolute Gasteiger partial charge is 0.358 e. The summed E-state index contributed by atoms with van der Waals surface area (Å²) in [6.45, 7) is 6.04. The van der Waals surface area contributed by atoms with Gasteiger partial charge in [-0.05, 0) is 41.1 Å². The van der Waals surface area contributed by atoms with Gasteiger partial charge in [0.15, 0.2) is 5.69 Å². The van der Waals surface area contributed by atoms with Crippen molar-refractivity contribution in [2.45, 2.75) is 30.2 Å². The van der Waals surface area contributed by atoms with Crippen molar-refractivity contribution in [3.8, 4) is 22.1 Å². The van der Waals surface area contributed by atoms with Crippen molar-refractivity contribution >= 4 is 56.6 Å². The quantitative estimate of drug-likeness (QED) is 0.295. The van der Waals surface area contributed by atoms with Crippen molar-refractivity contribution in [3.63, 3.8) is 0 Å². The number of rotatable bonds is 6. The van der Waals surface area contributed by atoms with Crippen molar-refractivity contribution in [2.24, 2.45) is 0 Å². The molecule has 2 aromatic heterocycles. The number of aryl methyl sites for hydroxylation is 1. The summed E-state index contributed by atoms with van der Waals surface area (Å²) in [6.07, 6.45) is 0. The monoisotopic (exact) mass is 515 g/mol. The van der Waals surface area contributed by atoms with E-state index in [9.17, 15) is 4.79 Å². The number of ether oxygens (including phenoxy) is 2. The Balaban J connectivity index is 2.23. The van der Waals surface area contributed by atoms with Crippen LogP contribution in [0.1, 0.15) is 30.0 Å². The summed E-state index contributed by atoms with van der Waals surface area (Å²) in [5, 5.41) is 5.97. The minimum Gasteiger partial charge on any atom is -0.496 e. The first kappa shape index (κ1) is 22.1. The van der Waals surface area contributed by atoms with Crippen molar-refractivity contribution in [3.05, 3.63) is 39.1 Å². The lowest BCUT2D eigenvalue weighted by Gasteiger charge is -2.09. The van der Waals surface area contributed by atoms with Gasteiger partial charge in [0.2, 0.25) is 5.13 Å². The van der Waals surface area contributed by atoms with Gasteiger partial charge in [-0.15, -0.1) is 11.8 Å². The van der Waals surface area contributed by atoms with E-state index in [4.69, 9.17) is 26.1 Å². The Labute approximate surface area is 190 Å². The first-order valence-corrected chi connectivity index (χ1v) is 11.5. The molecule has 0 N–H and O–H groups in total. The minimum atomic E-state index is -0.489. The van der Waals surface area contributed by atoms with Crippen LogP contribution in [0.2, 0.25) is 5.02 Å². The molecule has 0 unspecified atom stereocenters. The third-order valence-electron chi connectivity index (χ3n) is 3.89. The summed E-state index contributed by atoms with van der Waals surface area (Å²) in [6, 6.07) is 5.45. The fourth-order valence-corrected chi connectivity index (χ4v) is 5.66. The Morgan fingerprint density at radius 3 is 2.69 bits per heavy atom. The maximum Gasteiger partial charge on any atom is 0.358 e. The summed E-state index contributed by atoms with van der Waals surface area (Å²) >= 11 is 12.7. The molecule has 6 nitrogen and oxygen atoms in total. The first-order chi connectivity index (χ1) is 13.8. The number of halogens is 2. The molecule has 0 aliphatic rings.